The highest BCUT2D eigenvalue weighted by atomic mass is 16.2. The number of amides is 1. The molecule has 1 aromatic carbocycles. The standard InChI is InChI=1S/C17H21N5O2/c1-4-12(3)18-15(23)14-16(24)22-10-9-21(17(22)20-19-14)13-7-5-11(2)6-8-13/h5-8,12H,4,9-10H2,1-3H3,(H,18,23). The number of hydrogen-bond acceptors (Lipinski definition) is 5. The number of fused-ring (bicyclic) bond motifs is 1. The summed E-state index contributed by atoms with van der Waals surface area (Å²) in [5, 5.41) is 10.8. The summed E-state index contributed by atoms with van der Waals surface area (Å²) in [4.78, 5) is 26.7. The molecular formula is C17H21N5O2. The summed E-state index contributed by atoms with van der Waals surface area (Å²) >= 11 is 0. The van der Waals surface area contributed by atoms with E-state index < -0.39 is 11.5 Å². The summed E-state index contributed by atoms with van der Waals surface area (Å²) in [7, 11) is 0. The van der Waals surface area contributed by atoms with Gasteiger partial charge in [-0.2, -0.15) is 0 Å². The van der Waals surface area contributed by atoms with Crippen LogP contribution in [0.1, 0.15) is 36.3 Å². The van der Waals surface area contributed by atoms with Crippen molar-refractivity contribution in [2.75, 3.05) is 11.4 Å². The third kappa shape index (κ3) is 2.89. The van der Waals surface area contributed by atoms with Crippen molar-refractivity contribution in [3.63, 3.8) is 0 Å². The van der Waals surface area contributed by atoms with Crippen molar-refractivity contribution >= 4 is 17.5 Å². The minimum absolute atomic E-state index is 0.0130. The van der Waals surface area contributed by atoms with E-state index in [0.29, 0.717) is 19.0 Å². The molecule has 7 heteroatoms. The van der Waals surface area contributed by atoms with Gasteiger partial charge in [-0.15, -0.1) is 10.2 Å². The van der Waals surface area contributed by atoms with Crippen LogP contribution in [-0.2, 0) is 6.54 Å². The van der Waals surface area contributed by atoms with Gasteiger partial charge in [0, 0.05) is 24.8 Å². The largest absolute Gasteiger partial charge is 0.348 e. The van der Waals surface area contributed by atoms with Crippen LogP contribution in [0.3, 0.4) is 0 Å². The second kappa shape index (κ2) is 6.43. The molecular weight excluding hydrogens is 306 g/mol. The molecule has 0 saturated heterocycles. The molecule has 1 aromatic heterocycles. The maximum absolute atomic E-state index is 12.6. The summed E-state index contributed by atoms with van der Waals surface area (Å²) in [6.07, 6.45) is 0.784. The molecule has 2 aromatic rings. The van der Waals surface area contributed by atoms with Gasteiger partial charge in [0.05, 0.1) is 0 Å². The predicted octanol–water partition coefficient (Wildman–Crippen LogP) is 1.63. The van der Waals surface area contributed by atoms with Crippen molar-refractivity contribution < 1.29 is 4.79 Å². The predicted molar refractivity (Wildman–Crippen MR) is 91.7 cm³/mol. The molecule has 7 nitrogen and oxygen atoms in total. The maximum Gasteiger partial charge on any atom is 0.286 e. The quantitative estimate of drug-likeness (QED) is 0.923. The van der Waals surface area contributed by atoms with Crippen LogP contribution in [0.4, 0.5) is 11.6 Å². The highest BCUT2D eigenvalue weighted by Gasteiger charge is 2.27. The van der Waals surface area contributed by atoms with Crippen LogP contribution in [0.25, 0.3) is 0 Å². The Balaban J connectivity index is 1.92. The Morgan fingerprint density at radius 1 is 1.25 bits per heavy atom. The van der Waals surface area contributed by atoms with Gasteiger partial charge < -0.3 is 10.2 Å². The molecule has 3 rings (SSSR count). The summed E-state index contributed by atoms with van der Waals surface area (Å²) in [6, 6.07) is 7.98. The Bertz CT molecular complexity index is 813. The normalized spacial score (nSPS) is 14.4. The molecule has 1 atom stereocenters. The number of benzene rings is 1. The van der Waals surface area contributed by atoms with E-state index in [1.165, 1.54) is 10.1 Å². The summed E-state index contributed by atoms with van der Waals surface area (Å²) < 4.78 is 1.51. The van der Waals surface area contributed by atoms with Gasteiger partial charge in [0.15, 0.2) is 0 Å². The molecule has 0 spiro atoms. The first-order chi connectivity index (χ1) is 11.5. The van der Waals surface area contributed by atoms with E-state index in [1.54, 1.807) is 0 Å². The number of hydrogen-bond donors (Lipinski definition) is 1. The zero-order valence-electron chi connectivity index (χ0n) is 14.1. The maximum atomic E-state index is 12.6. The Morgan fingerprint density at radius 2 is 1.96 bits per heavy atom. The topological polar surface area (TPSA) is 80.1 Å². The molecule has 1 amide bonds. The van der Waals surface area contributed by atoms with Crippen LogP contribution in [0.15, 0.2) is 29.1 Å². The molecule has 0 radical (unpaired) electrons. The van der Waals surface area contributed by atoms with Crippen LogP contribution < -0.4 is 15.8 Å². The average Bonchev–Trinajstić information content (AvgIpc) is 3.00. The van der Waals surface area contributed by atoms with Gasteiger partial charge >= 0.3 is 0 Å². The number of anilines is 2. The second-order valence-corrected chi connectivity index (χ2v) is 6.08. The van der Waals surface area contributed by atoms with Gasteiger partial charge in [0.2, 0.25) is 11.6 Å². The van der Waals surface area contributed by atoms with Crippen LogP contribution in [0.2, 0.25) is 0 Å². The molecule has 0 bridgehead atoms. The minimum Gasteiger partial charge on any atom is -0.348 e. The van der Waals surface area contributed by atoms with Crippen LogP contribution in [0, 0.1) is 6.92 Å². The van der Waals surface area contributed by atoms with Gasteiger partial charge in [0.1, 0.15) is 0 Å². The van der Waals surface area contributed by atoms with Crippen LogP contribution >= 0.6 is 0 Å². The lowest BCUT2D eigenvalue weighted by atomic mass is 10.2. The smallest absolute Gasteiger partial charge is 0.286 e. The molecule has 24 heavy (non-hydrogen) atoms. The van der Waals surface area contributed by atoms with Crippen LogP contribution in [-0.4, -0.2) is 33.3 Å². The first kappa shape index (κ1) is 16.2. The van der Waals surface area contributed by atoms with Gasteiger partial charge in [-0.3, -0.25) is 14.2 Å². The fourth-order valence-corrected chi connectivity index (χ4v) is 2.62. The average molecular weight is 327 g/mol. The number of carbonyl (C=O) groups excluding carboxylic acids is 1. The zero-order valence-corrected chi connectivity index (χ0v) is 14.1. The molecule has 1 aliphatic rings. The molecule has 2 heterocycles. The first-order valence-corrected chi connectivity index (χ1v) is 8.14. The fraction of sp³-hybridized carbons (Fsp3) is 0.412. The number of nitrogens with one attached hydrogen (secondary N) is 1. The van der Waals surface area contributed by atoms with Gasteiger partial charge in [-0.05, 0) is 32.4 Å². The lowest BCUT2D eigenvalue weighted by Gasteiger charge is -2.17. The van der Waals surface area contributed by atoms with Crippen molar-refractivity contribution in [3.8, 4) is 0 Å². The van der Waals surface area contributed by atoms with Crippen LogP contribution in [0.5, 0.6) is 0 Å². The Hall–Kier alpha value is -2.70. The lowest BCUT2D eigenvalue weighted by Crippen LogP contribution is -2.38. The third-order valence-electron chi connectivity index (χ3n) is 4.27. The number of carbonyl (C=O) groups is 1. The van der Waals surface area contributed by atoms with E-state index in [4.69, 9.17) is 0 Å². The molecule has 0 aliphatic carbocycles. The monoisotopic (exact) mass is 327 g/mol. The van der Waals surface area contributed by atoms with E-state index in [-0.39, 0.29) is 11.7 Å². The van der Waals surface area contributed by atoms with E-state index in [0.717, 1.165) is 12.1 Å². The number of nitrogens with zero attached hydrogens (tertiary/aromatic N) is 4. The van der Waals surface area contributed by atoms with E-state index >= 15 is 0 Å². The Morgan fingerprint density at radius 3 is 2.62 bits per heavy atom. The van der Waals surface area contributed by atoms with Crippen molar-refractivity contribution in [1.29, 1.82) is 0 Å². The van der Waals surface area contributed by atoms with Crippen molar-refractivity contribution in [3.05, 3.63) is 45.9 Å². The minimum atomic E-state index is -0.467. The fourth-order valence-electron chi connectivity index (χ4n) is 2.62. The molecule has 0 fully saturated rings. The second-order valence-electron chi connectivity index (χ2n) is 6.08. The van der Waals surface area contributed by atoms with Crippen molar-refractivity contribution in [1.82, 2.24) is 20.1 Å². The van der Waals surface area contributed by atoms with Gasteiger partial charge in [-0.25, -0.2) is 0 Å². The third-order valence-corrected chi connectivity index (χ3v) is 4.27. The van der Waals surface area contributed by atoms with Crippen molar-refractivity contribution in [2.45, 2.75) is 39.8 Å². The molecule has 126 valence electrons. The molecule has 1 aliphatic heterocycles. The number of aromatic nitrogens is 3. The molecule has 1 unspecified atom stereocenters. The number of aryl methyl sites for hydroxylation is 1. The van der Waals surface area contributed by atoms with E-state index in [1.807, 2.05) is 49.9 Å². The van der Waals surface area contributed by atoms with E-state index in [9.17, 15) is 9.59 Å². The lowest BCUT2D eigenvalue weighted by molar-refractivity contribution is 0.0930. The summed E-state index contributed by atoms with van der Waals surface area (Å²) in [5.74, 6) is 0.00915. The number of rotatable bonds is 4. The molecule has 0 saturated carbocycles. The summed E-state index contributed by atoms with van der Waals surface area (Å²) in [6.45, 7) is 6.99. The molecule has 1 N–H and O–H groups in total. The Labute approximate surface area is 140 Å². The zero-order chi connectivity index (χ0) is 17.3. The summed E-state index contributed by atoms with van der Waals surface area (Å²) in [5.41, 5.74) is 1.58. The van der Waals surface area contributed by atoms with Crippen molar-refractivity contribution in [2.24, 2.45) is 0 Å². The first-order valence-electron chi connectivity index (χ1n) is 8.14. The van der Waals surface area contributed by atoms with Gasteiger partial charge in [-0.1, -0.05) is 24.6 Å². The SMILES string of the molecule is CCC(C)NC(=O)c1nnc2n(c1=O)CCN2c1ccc(C)cc1. The highest BCUT2D eigenvalue weighted by Crippen LogP contribution is 2.26. The Kier molecular flexibility index (Phi) is 4.33. The van der Waals surface area contributed by atoms with E-state index in [2.05, 4.69) is 15.5 Å². The van der Waals surface area contributed by atoms with Gasteiger partial charge in [0.25, 0.3) is 11.5 Å². The highest BCUT2D eigenvalue weighted by molar-refractivity contribution is 5.92.